The molecule has 4 heteroatoms. The van der Waals surface area contributed by atoms with Gasteiger partial charge in [0.2, 0.25) is 0 Å². The summed E-state index contributed by atoms with van der Waals surface area (Å²) in [6, 6.07) is 8.52. The zero-order valence-corrected chi connectivity index (χ0v) is 14.6. The third kappa shape index (κ3) is 4.40. The topological polar surface area (TPSA) is 41.5 Å². The standard InChI is InChI=1S/C18H29NO2S/c1-15(16-7-9-17(21-2)10-8-16)18(11-4-3-5-12-18)19-13-6-14-22-20/h7-10,15,19-20H,3-6,11-14H2,1-2H3. The minimum atomic E-state index is 0.201. The third-order valence-corrected chi connectivity index (χ3v) is 5.55. The van der Waals surface area contributed by atoms with Crippen molar-refractivity contribution in [1.82, 2.24) is 5.32 Å². The maximum Gasteiger partial charge on any atom is 0.118 e. The molecule has 1 fully saturated rings. The number of rotatable bonds is 8. The molecule has 2 N–H and O–H groups in total. The highest BCUT2D eigenvalue weighted by Crippen LogP contribution is 2.40. The van der Waals surface area contributed by atoms with E-state index < -0.39 is 0 Å². The molecule has 0 amide bonds. The molecule has 3 nitrogen and oxygen atoms in total. The molecule has 0 heterocycles. The van der Waals surface area contributed by atoms with Gasteiger partial charge < -0.3 is 14.6 Å². The maximum absolute atomic E-state index is 8.88. The Bertz CT molecular complexity index is 429. The number of ether oxygens (including phenoxy) is 1. The van der Waals surface area contributed by atoms with Gasteiger partial charge in [-0.1, -0.05) is 38.3 Å². The fourth-order valence-electron chi connectivity index (χ4n) is 3.63. The van der Waals surface area contributed by atoms with Crippen molar-refractivity contribution in [3.8, 4) is 5.75 Å². The van der Waals surface area contributed by atoms with Gasteiger partial charge in [-0.2, -0.15) is 0 Å². The van der Waals surface area contributed by atoms with Crippen LogP contribution in [-0.4, -0.2) is 29.5 Å². The molecule has 0 saturated heterocycles. The first-order valence-electron chi connectivity index (χ1n) is 8.37. The summed E-state index contributed by atoms with van der Waals surface area (Å²) in [5.74, 6) is 2.21. The summed E-state index contributed by atoms with van der Waals surface area (Å²) >= 11 is 0.942. The molecule has 0 bridgehead atoms. The molecule has 1 saturated carbocycles. The maximum atomic E-state index is 8.88. The number of benzene rings is 1. The molecule has 124 valence electrons. The average molecular weight is 324 g/mol. The highest BCUT2D eigenvalue weighted by Gasteiger charge is 2.37. The van der Waals surface area contributed by atoms with E-state index in [1.165, 1.54) is 37.7 Å². The Labute approximate surface area is 139 Å². The van der Waals surface area contributed by atoms with Crippen molar-refractivity contribution in [3.05, 3.63) is 29.8 Å². The Hall–Kier alpha value is -0.710. The molecule has 0 spiro atoms. The van der Waals surface area contributed by atoms with E-state index in [1.807, 2.05) is 0 Å². The van der Waals surface area contributed by atoms with E-state index in [0.717, 1.165) is 36.5 Å². The average Bonchev–Trinajstić information content (AvgIpc) is 2.59. The van der Waals surface area contributed by atoms with Crippen molar-refractivity contribution in [2.75, 3.05) is 19.4 Å². The monoisotopic (exact) mass is 323 g/mol. The van der Waals surface area contributed by atoms with Crippen molar-refractivity contribution in [2.45, 2.75) is 56.9 Å². The predicted octanol–water partition coefficient (Wildman–Crippen LogP) is 4.69. The van der Waals surface area contributed by atoms with Crippen LogP contribution in [0.2, 0.25) is 0 Å². The van der Waals surface area contributed by atoms with E-state index in [1.54, 1.807) is 7.11 Å². The molecular weight excluding hydrogens is 294 g/mol. The molecule has 0 aliphatic heterocycles. The minimum absolute atomic E-state index is 0.201. The predicted molar refractivity (Wildman–Crippen MR) is 94.9 cm³/mol. The van der Waals surface area contributed by atoms with E-state index >= 15 is 0 Å². The molecule has 0 radical (unpaired) electrons. The molecule has 1 aromatic carbocycles. The van der Waals surface area contributed by atoms with Crippen molar-refractivity contribution in [1.29, 1.82) is 0 Å². The summed E-state index contributed by atoms with van der Waals surface area (Å²) in [7, 11) is 1.71. The van der Waals surface area contributed by atoms with Crippen molar-refractivity contribution >= 4 is 12.0 Å². The molecule has 1 aliphatic rings. The SMILES string of the molecule is COc1ccc(C(C)C2(NCCCSO)CCCCC2)cc1. The van der Waals surface area contributed by atoms with E-state index in [-0.39, 0.29) is 5.54 Å². The van der Waals surface area contributed by atoms with Gasteiger partial charge in [-0.15, -0.1) is 0 Å². The quantitative estimate of drug-likeness (QED) is 0.538. The van der Waals surface area contributed by atoms with Gasteiger partial charge in [0.1, 0.15) is 5.75 Å². The zero-order valence-electron chi connectivity index (χ0n) is 13.8. The van der Waals surface area contributed by atoms with Gasteiger partial charge in [-0.05, 0) is 61.5 Å². The lowest BCUT2D eigenvalue weighted by atomic mass is 9.71. The Balaban J connectivity index is 2.08. The molecule has 1 unspecified atom stereocenters. The summed E-state index contributed by atoms with van der Waals surface area (Å²) < 4.78 is 14.2. The van der Waals surface area contributed by atoms with Gasteiger partial charge in [-0.3, -0.25) is 0 Å². The number of hydrogen-bond donors (Lipinski definition) is 2. The van der Waals surface area contributed by atoms with E-state index in [4.69, 9.17) is 9.29 Å². The fourth-order valence-corrected chi connectivity index (χ4v) is 3.90. The molecular formula is C18H29NO2S. The van der Waals surface area contributed by atoms with Gasteiger partial charge in [0.15, 0.2) is 0 Å². The van der Waals surface area contributed by atoms with Crippen LogP contribution in [0.4, 0.5) is 0 Å². The lowest BCUT2D eigenvalue weighted by molar-refractivity contribution is 0.196. The second-order valence-corrected chi connectivity index (χ2v) is 6.99. The van der Waals surface area contributed by atoms with Crippen LogP contribution in [0.25, 0.3) is 0 Å². The van der Waals surface area contributed by atoms with Gasteiger partial charge in [0.05, 0.1) is 7.11 Å². The first kappa shape index (κ1) is 17.6. The van der Waals surface area contributed by atoms with Gasteiger partial charge in [0.25, 0.3) is 0 Å². The van der Waals surface area contributed by atoms with Crippen LogP contribution in [0.3, 0.4) is 0 Å². The van der Waals surface area contributed by atoms with Crippen LogP contribution in [0.5, 0.6) is 5.75 Å². The van der Waals surface area contributed by atoms with Crippen LogP contribution in [-0.2, 0) is 0 Å². The summed E-state index contributed by atoms with van der Waals surface area (Å²) in [4.78, 5) is 0. The van der Waals surface area contributed by atoms with Crippen LogP contribution in [0.15, 0.2) is 24.3 Å². The first-order valence-corrected chi connectivity index (χ1v) is 9.31. The number of hydrogen-bond acceptors (Lipinski definition) is 4. The second-order valence-electron chi connectivity index (χ2n) is 6.33. The third-order valence-electron chi connectivity index (χ3n) is 5.08. The lowest BCUT2D eigenvalue weighted by Crippen LogP contribution is -2.51. The largest absolute Gasteiger partial charge is 0.497 e. The van der Waals surface area contributed by atoms with Crippen molar-refractivity contribution < 1.29 is 9.29 Å². The molecule has 22 heavy (non-hydrogen) atoms. The highest BCUT2D eigenvalue weighted by molar-refractivity contribution is 7.93. The Kier molecular flexibility index (Phi) is 7.06. The molecule has 1 atom stereocenters. The Morgan fingerprint density at radius 2 is 1.91 bits per heavy atom. The number of methoxy groups -OCH3 is 1. The van der Waals surface area contributed by atoms with Gasteiger partial charge in [-0.25, -0.2) is 0 Å². The first-order chi connectivity index (χ1) is 10.7. The van der Waals surface area contributed by atoms with E-state index in [0.29, 0.717) is 5.92 Å². The van der Waals surface area contributed by atoms with Crippen LogP contribution in [0, 0.1) is 0 Å². The van der Waals surface area contributed by atoms with Crippen LogP contribution < -0.4 is 10.1 Å². The zero-order chi connectivity index (χ0) is 15.8. The van der Waals surface area contributed by atoms with Gasteiger partial charge in [0, 0.05) is 11.3 Å². The Morgan fingerprint density at radius 3 is 2.50 bits per heavy atom. The van der Waals surface area contributed by atoms with E-state index in [9.17, 15) is 0 Å². The van der Waals surface area contributed by atoms with E-state index in [2.05, 4.69) is 36.5 Å². The molecule has 1 aliphatic carbocycles. The second kappa shape index (κ2) is 8.80. The molecule has 1 aromatic rings. The van der Waals surface area contributed by atoms with Gasteiger partial charge >= 0.3 is 0 Å². The summed E-state index contributed by atoms with van der Waals surface area (Å²) in [5, 5.41) is 3.84. The number of nitrogens with one attached hydrogen (secondary N) is 1. The summed E-state index contributed by atoms with van der Waals surface area (Å²) in [6.45, 7) is 3.33. The van der Waals surface area contributed by atoms with Crippen LogP contribution in [0.1, 0.15) is 56.9 Å². The molecule has 2 rings (SSSR count). The highest BCUT2D eigenvalue weighted by atomic mass is 32.2. The van der Waals surface area contributed by atoms with Crippen LogP contribution >= 0.6 is 12.0 Å². The smallest absolute Gasteiger partial charge is 0.118 e. The lowest BCUT2D eigenvalue weighted by Gasteiger charge is -2.43. The molecule has 0 aromatic heterocycles. The van der Waals surface area contributed by atoms with Crippen molar-refractivity contribution in [2.24, 2.45) is 0 Å². The van der Waals surface area contributed by atoms with Crippen molar-refractivity contribution in [3.63, 3.8) is 0 Å². The fraction of sp³-hybridized carbons (Fsp3) is 0.667. The summed E-state index contributed by atoms with van der Waals surface area (Å²) in [5.41, 5.74) is 1.58. The normalized spacial score (nSPS) is 18.9. The minimum Gasteiger partial charge on any atom is -0.497 e. The summed E-state index contributed by atoms with van der Waals surface area (Å²) in [6.07, 6.45) is 7.47. The Morgan fingerprint density at radius 1 is 1.23 bits per heavy atom.